The van der Waals surface area contributed by atoms with E-state index in [-0.39, 0.29) is 5.82 Å². The molecule has 118 valence electrons. The number of ether oxygens (including phenoxy) is 1. The van der Waals surface area contributed by atoms with Gasteiger partial charge >= 0.3 is 5.97 Å². The summed E-state index contributed by atoms with van der Waals surface area (Å²) in [5.41, 5.74) is 1.34. The van der Waals surface area contributed by atoms with E-state index < -0.39 is 11.6 Å². The number of esters is 1. The van der Waals surface area contributed by atoms with Gasteiger partial charge in [0, 0.05) is 38.0 Å². The Bertz CT molecular complexity index is 736. The number of carbonyl (C=O) groups excluding carboxylic acids is 1. The Morgan fingerprint density at radius 3 is 2.52 bits per heavy atom. The first-order valence-electron chi connectivity index (χ1n) is 7.97. The fourth-order valence-electron chi connectivity index (χ4n) is 3.71. The molecule has 0 atom stereocenters. The van der Waals surface area contributed by atoms with Gasteiger partial charge in [0.1, 0.15) is 11.4 Å². The molecule has 1 saturated heterocycles. The number of piperidine rings is 1. The molecule has 2 aromatic carbocycles. The van der Waals surface area contributed by atoms with Crippen LogP contribution in [-0.2, 0) is 16.9 Å². The van der Waals surface area contributed by atoms with E-state index in [2.05, 4.69) is 17.0 Å². The molecule has 1 fully saturated rings. The van der Waals surface area contributed by atoms with Gasteiger partial charge in [-0.3, -0.25) is 4.90 Å². The molecule has 0 unspecified atom stereocenters. The second-order valence-electron chi connectivity index (χ2n) is 6.31. The second kappa shape index (κ2) is 5.46. The molecule has 23 heavy (non-hydrogen) atoms. The summed E-state index contributed by atoms with van der Waals surface area (Å²) in [5, 5.41) is 0. The molecule has 4 rings (SSSR count). The smallest absolute Gasteiger partial charge is 0.339 e. The lowest BCUT2D eigenvalue weighted by molar-refractivity contribution is -0.0454. The van der Waals surface area contributed by atoms with Gasteiger partial charge in [-0.05, 0) is 17.7 Å². The summed E-state index contributed by atoms with van der Waals surface area (Å²) in [6, 6.07) is 14.9. The van der Waals surface area contributed by atoms with E-state index >= 15 is 0 Å². The normalized spacial score (nSPS) is 19.6. The van der Waals surface area contributed by atoms with Crippen molar-refractivity contribution in [3.05, 3.63) is 71.0 Å². The van der Waals surface area contributed by atoms with Gasteiger partial charge in [0.2, 0.25) is 0 Å². The molecule has 3 nitrogen and oxygen atoms in total. The van der Waals surface area contributed by atoms with E-state index in [1.807, 2.05) is 18.2 Å². The van der Waals surface area contributed by atoms with Crippen molar-refractivity contribution in [2.45, 2.75) is 25.0 Å². The first-order chi connectivity index (χ1) is 11.2. The fourth-order valence-corrected chi connectivity index (χ4v) is 3.71. The quantitative estimate of drug-likeness (QED) is 0.795. The van der Waals surface area contributed by atoms with Gasteiger partial charge in [0.25, 0.3) is 0 Å². The number of carbonyl (C=O) groups is 1. The largest absolute Gasteiger partial charge is 0.450 e. The van der Waals surface area contributed by atoms with Crippen molar-refractivity contribution in [3.8, 4) is 0 Å². The van der Waals surface area contributed by atoms with Crippen LogP contribution in [0.4, 0.5) is 4.39 Å². The molecular formula is C19H18FNO2. The van der Waals surface area contributed by atoms with Crippen molar-refractivity contribution in [1.82, 2.24) is 4.90 Å². The maximum Gasteiger partial charge on any atom is 0.339 e. The van der Waals surface area contributed by atoms with Gasteiger partial charge < -0.3 is 4.74 Å². The van der Waals surface area contributed by atoms with Crippen LogP contribution in [0.3, 0.4) is 0 Å². The summed E-state index contributed by atoms with van der Waals surface area (Å²) < 4.78 is 19.9. The molecule has 1 spiro atoms. The molecule has 0 bridgehead atoms. The van der Waals surface area contributed by atoms with Crippen LogP contribution in [0.1, 0.15) is 34.3 Å². The molecule has 0 N–H and O–H groups in total. The highest BCUT2D eigenvalue weighted by molar-refractivity contribution is 5.94. The zero-order valence-corrected chi connectivity index (χ0v) is 12.8. The molecule has 2 aromatic rings. The standard InChI is InChI=1S/C19H18FNO2/c20-16-8-4-7-15-17(16)19(23-18(15)22)9-11-21(12-10-19)13-14-5-2-1-3-6-14/h1-8H,9-13H2. The van der Waals surface area contributed by atoms with Crippen LogP contribution in [-0.4, -0.2) is 24.0 Å². The highest BCUT2D eigenvalue weighted by Gasteiger charge is 2.49. The molecular weight excluding hydrogens is 293 g/mol. The number of rotatable bonds is 2. The minimum absolute atomic E-state index is 0.329. The maximum absolute atomic E-state index is 14.3. The predicted molar refractivity (Wildman–Crippen MR) is 84.4 cm³/mol. The first-order valence-corrected chi connectivity index (χ1v) is 7.97. The molecule has 0 aromatic heterocycles. The van der Waals surface area contributed by atoms with E-state index in [0.717, 1.165) is 19.6 Å². The van der Waals surface area contributed by atoms with Crippen LogP contribution < -0.4 is 0 Å². The number of halogens is 1. The summed E-state index contributed by atoms with van der Waals surface area (Å²) in [6.07, 6.45) is 1.28. The van der Waals surface area contributed by atoms with Crippen LogP contribution in [0.5, 0.6) is 0 Å². The van der Waals surface area contributed by atoms with Crippen LogP contribution in [0, 0.1) is 5.82 Å². The molecule has 0 aliphatic carbocycles. The fraction of sp³-hybridized carbons (Fsp3) is 0.316. The third kappa shape index (κ3) is 2.43. The Hall–Kier alpha value is -2.20. The minimum atomic E-state index is -0.773. The number of fused-ring (bicyclic) bond motifs is 2. The van der Waals surface area contributed by atoms with Gasteiger partial charge in [-0.2, -0.15) is 0 Å². The zero-order chi connectivity index (χ0) is 15.9. The van der Waals surface area contributed by atoms with Crippen molar-refractivity contribution in [2.24, 2.45) is 0 Å². The third-order valence-electron chi connectivity index (χ3n) is 4.89. The molecule has 0 saturated carbocycles. The SMILES string of the molecule is O=C1OC2(CCN(Cc3ccccc3)CC2)c2c(F)cccc21. The average molecular weight is 311 g/mol. The van der Waals surface area contributed by atoms with Gasteiger partial charge in [-0.1, -0.05) is 36.4 Å². The average Bonchev–Trinajstić information content (AvgIpc) is 2.85. The minimum Gasteiger partial charge on any atom is -0.450 e. The van der Waals surface area contributed by atoms with Crippen molar-refractivity contribution in [1.29, 1.82) is 0 Å². The summed E-state index contributed by atoms with van der Waals surface area (Å²) in [4.78, 5) is 14.4. The number of benzene rings is 2. The Morgan fingerprint density at radius 1 is 1.04 bits per heavy atom. The van der Waals surface area contributed by atoms with E-state index in [0.29, 0.717) is 24.0 Å². The third-order valence-corrected chi connectivity index (χ3v) is 4.89. The molecule has 2 aliphatic rings. The van der Waals surface area contributed by atoms with Crippen LogP contribution in [0.25, 0.3) is 0 Å². The maximum atomic E-state index is 14.3. The highest BCUT2D eigenvalue weighted by atomic mass is 19.1. The van der Waals surface area contributed by atoms with Crippen molar-refractivity contribution >= 4 is 5.97 Å². The monoisotopic (exact) mass is 311 g/mol. The predicted octanol–water partition coefficient (Wildman–Crippen LogP) is 3.49. The van der Waals surface area contributed by atoms with Crippen LogP contribution >= 0.6 is 0 Å². The second-order valence-corrected chi connectivity index (χ2v) is 6.31. The van der Waals surface area contributed by atoms with E-state index in [4.69, 9.17) is 4.74 Å². The van der Waals surface area contributed by atoms with Gasteiger partial charge in [-0.15, -0.1) is 0 Å². The first kappa shape index (κ1) is 14.4. The topological polar surface area (TPSA) is 29.5 Å². The number of likely N-dealkylation sites (tertiary alicyclic amines) is 1. The van der Waals surface area contributed by atoms with Crippen LogP contribution in [0.15, 0.2) is 48.5 Å². The number of hydrogen-bond donors (Lipinski definition) is 0. The highest BCUT2D eigenvalue weighted by Crippen LogP contribution is 2.45. The summed E-state index contributed by atoms with van der Waals surface area (Å²) >= 11 is 0. The Labute approximate surface area is 134 Å². The van der Waals surface area contributed by atoms with Gasteiger partial charge in [-0.25, -0.2) is 9.18 Å². The Kier molecular flexibility index (Phi) is 3.42. The van der Waals surface area contributed by atoms with E-state index in [1.54, 1.807) is 12.1 Å². The molecule has 0 amide bonds. The Morgan fingerprint density at radius 2 is 1.78 bits per heavy atom. The number of nitrogens with zero attached hydrogens (tertiary/aromatic N) is 1. The zero-order valence-electron chi connectivity index (χ0n) is 12.8. The summed E-state index contributed by atoms with van der Waals surface area (Å²) in [5.74, 6) is -0.721. The van der Waals surface area contributed by atoms with Gasteiger partial charge in [0.15, 0.2) is 0 Å². The number of hydrogen-bond acceptors (Lipinski definition) is 3. The Balaban J connectivity index is 1.53. The lowest BCUT2D eigenvalue weighted by Gasteiger charge is -2.38. The summed E-state index contributed by atoms with van der Waals surface area (Å²) in [6.45, 7) is 2.45. The van der Waals surface area contributed by atoms with Crippen molar-refractivity contribution < 1.29 is 13.9 Å². The van der Waals surface area contributed by atoms with Crippen LogP contribution in [0.2, 0.25) is 0 Å². The molecule has 2 heterocycles. The van der Waals surface area contributed by atoms with Gasteiger partial charge in [0.05, 0.1) is 5.56 Å². The van der Waals surface area contributed by atoms with Crippen molar-refractivity contribution in [2.75, 3.05) is 13.1 Å². The van der Waals surface area contributed by atoms with E-state index in [9.17, 15) is 9.18 Å². The molecule has 4 heteroatoms. The molecule has 0 radical (unpaired) electrons. The lowest BCUT2D eigenvalue weighted by atomic mass is 9.83. The van der Waals surface area contributed by atoms with Crippen molar-refractivity contribution in [3.63, 3.8) is 0 Å². The molecule has 2 aliphatic heterocycles. The lowest BCUT2D eigenvalue weighted by Crippen LogP contribution is -2.42. The van der Waals surface area contributed by atoms with E-state index in [1.165, 1.54) is 11.6 Å². The summed E-state index contributed by atoms with van der Waals surface area (Å²) in [7, 11) is 0.